The molecule has 1 aliphatic rings. The molecule has 1 saturated heterocycles. The van der Waals surface area contributed by atoms with Crippen LogP contribution in [0.25, 0.3) is 0 Å². The second kappa shape index (κ2) is 8.35. The summed E-state index contributed by atoms with van der Waals surface area (Å²) in [4.78, 5) is 0. The predicted molar refractivity (Wildman–Crippen MR) is 96.8 cm³/mol. The van der Waals surface area contributed by atoms with Gasteiger partial charge >= 0.3 is 0 Å². The average Bonchev–Trinajstić information content (AvgIpc) is 2.51. The van der Waals surface area contributed by atoms with Crippen LogP contribution in [0.15, 0.2) is 24.3 Å². The van der Waals surface area contributed by atoms with Crippen molar-refractivity contribution in [1.29, 1.82) is 0 Å². The Hall–Kier alpha value is -0.320. The first-order valence-electron chi connectivity index (χ1n) is 7.80. The van der Waals surface area contributed by atoms with E-state index in [0.717, 1.165) is 24.0 Å². The second-order valence-corrected chi connectivity index (χ2v) is 8.66. The van der Waals surface area contributed by atoms with Crippen molar-refractivity contribution in [2.75, 3.05) is 19.4 Å². The monoisotopic (exact) mass is 325 g/mol. The molecule has 0 bridgehead atoms. The molecule has 2 nitrogen and oxygen atoms in total. The van der Waals surface area contributed by atoms with Crippen LogP contribution in [0.2, 0.25) is 0 Å². The molecule has 1 aromatic carbocycles. The maximum atomic E-state index is 5.40. The third-order valence-electron chi connectivity index (χ3n) is 4.01. The maximum Gasteiger partial charge on any atom is 0.119 e. The Morgan fingerprint density at radius 2 is 2.14 bits per heavy atom. The van der Waals surface area contributed by atoms with Crippen molar-refractivity contribution in [3.8, 4) is 5.75 Å². The minimum Gasteiger partial charge on any atom is -0.497 e. The number of ether oxygens (including phenoxy) is 1. The van der Waals surface area contributed by atoms with Crippen LogP contribution in [0.4, 0.5) is 0 Å². The zero-order chi connectivity index (χ0) is 15.2. The molecular formula is C17H27NOS2. The van der Waals surface area contributed by atoms with E-state index in [0.29, 0.717) is 16.5 Å². The Morgan fingerprint density at radius 1 is 1.33 bits per heavy atom. The average molecular weight is 326 g/mol. The van der Waals surface area contributed by atoms with Gasteiger partial charge < -0.3 is 10.1 Å². The fourth-order valence-electron chi connectivity index (χ4n) is 2.58. The third-order valence-corrected chi connectivity index (χ3v) is 7.51. The summed E-state index contributed by atoms with van der Waals surface area (Å²) in [5, 5.41) is 5.84. The van der Waals surface area contributed by atoms with Gasteiger partial charge in [-0.15, -0.1) is 0 Å². The van der Waals surface area contributed by atoms with Crippen LogP contribution in [-0.4, -0.2) is 35.2 Å². The van der Waals surface area contributed by atoms with Gasteiger partial charge in [-0.2, -0.15) is 23.5 Å². The summed E-state index contributed by atoms with van der Waals surface area (Å²) >= 11 is 4.25. The number of benzene rings is 1. The molecule has 1 aromatic rings. The Kier molecular flexibility index (Phi) is 6.77. The molecule has 2 rings (SSSR count). The standard InChI is InChI=1S/C17H27NOS2/c1-5-9-18-17(14-7-6-8-15(10-14)19-4)16-11-20-12(2)13(3)21-16/h6-8,10,12-13,16-18H,5,9,11H2,1-4H3. The van der Waals surface area contributed by atoms with E-state index >= 15 is 0 Å². The van der Waals surface area contributed by atoms with Crippen LogP contribution in [0, 0.1) is 0 Å². The number of thioether (sulfide) groups is 2. The molecule has 4 unspecified atom stereocenters. The van der Waals surface area contributed by atoms with Crippen LogP contribution >= 0.6 is 23.5 Å². The van der Waals surface area contributed by atoms with Gasteiger partial charge in [-0.05, 0) is 30.7 Å². The highest BCUT2D eigenvalue weighted by Gasteiger charge is 2.31. The van der Waals surface area contributed by atoms with Gasteiger partial charge in [0.2, 0.25) is 0 Å². The van der Waals surface area contributed by atoms with E-state index in [9.17, 15) is 0 Å². The summed E-state index contributed by atoms with van der Waals surface area (Å²) in [5.74, 6) is 2.17. The minimum absolute atomic E-state index is 0.410. The summed E-state index contributed by atoms with van der Waals surface area (Å²) in [6.45, 7) is 7.99. The van der Waals surface area contributed by atoms with Crippen molar-refractivity contribution >= 4 is 23.5 Å². The molecule has 4 atom stereocenters. The molecule has 0 aromatic heterocycles. The lowest BCUT2D eigenvalue weighted by molar-refractivity contribution is 0.412. The third kappa shape index (κ3) is 4.57. The first-order valence-corrected chi connectivity index (χ1v) is 9.79. The summed E-state index contributed by atoms with van der Waals surface area (Å²) < 4.78 is 5.40. The fraction of sp³-hybridized carbons (Fsp3) is 0.647. The van der Waals surface area contributed by atoms with Crippen LogP contribution in [0.1, 0.15) is 38.8 Å². The van der Waals surface area contributed by atoms with Gasteiger partial charge in [0.05, 0.1) is 7.11 Å². The largest absolute Gasteiger partial charge is 0.497 e. The van der Waals surface area contributed by atoms with Gasteiger partial charge in [-0.3, -0.25) is 0 Å². The highest BCUT2D eigenvalue weighted by Crippen LogP contribution is 2.41. The normalized spacial score (nSPS) is 27.3. The van der Waals surface area contributed by atoms with E-state index in [1.54, 1.807) is 7.11 Å². The lowest BCUT2D eigenvalue weighted by atomic mass is 10.0. The lowest BCUT2D eigenvalue weighted by Gasteiger charge is -2.36. The molecule has 118 valence electrons. The topological polar surface area (TPSA) is 21.3 Å². The Labute approximate surface area is 137 Å². The van der Waals surface area contributed by atoms with Crippen LogP contribution in [0.3, 0.4) is 0 Å². The quantitative estimate of drug-likeness (QED) is 0.838. The molecular weight excluding hydrogens is 298 g/mol. The number of hydrogen-bond acceptors (Lipinski definition) is 4. The summed E-state index contributed by atoms with van der Waals surface area (Å²) in [6, 6.07) is 8.94. The molecule has 1 N–H and O–H groups in total. The highest BCUT2D eigenvalue weighted by atomic mass is 32.2. The molecule has 4 heteroatoms. The summed E-state index contributed by atoms with van der Waals surface area (Å²) in [7, 11) is 1.74. The zero-order valence-electron chi connectivity index (χ0n) is 13.5. The Balaban J connectivity index is 2.17. The van der Waals surface area contributed by atoms with Crippen molar-refractivity contribution in [2.45, 2.75) is 49.0 Å². The SMILES string of the molecule is CCCNC(c1cccc(OC)c1)C1CSC(C)C(C)S1. The van der Waals surface area contributed by atoms with Crippen molar-refractivity contribution in [1.82, 2.24) is 5.32 Å². The van der Waals surface area contributed by atoms with Crippen molar-refractivity contribution in [3.05, 3.63) is 29.8 Å². The molecule has 21 heavy (non-hydrogen) atoms. The highest BCUT2D eigenvalue weighted by molar-refractivity contribution is 8.07. The number of nitrogens with one attached hydrogen (secondary N) is 1. The molecule has 0 amide bonds. The van der Waals surface area contributed by atoms with E-state index in [1.807, 2.05) is 6.07 Å². The summed E-state index contributed by atoms with van der Waals surface area (Å²) in [6.07, 6.45) is 1.16. The number of methoxy groups -OCH3 is 1. The second-order valence-electron chi connectivity index (χ2n) is 5.63. The van der Waals surface area contributed by atoms with Crippen LogP contribution < -0.4 is 10.1 Å². The molecule has 0 aliphatic carbocycles. The van der Waals surface area contributed by atoms with Gasteiger partial charge in [0, 0.05) is 27.5 Å². The summed E-state index contributed by atoms with van der Waals surface area (Å²) in [5.41, 5.74) is 1.35. The molecule has 1 aliphatic heterocycles. The van der Waals surface area contributed by atoms with Gasteiger partial charge in [0.15, 0.2) is 0 Å². The first-order chi connectivity index (χ1) is 10.2. The Bertz CT molecular complexity index is 441. The van der Waals surface area contributed by atoms with E-state index in [4.69, 9.17) is 4.74 Å². The predicted octanol–water partition coefficient (Wildman–Crippen LogP) is 4.36. The van der Waals surface area contributed by atoms with Crippen molar-refractivity contribution in [3.63, 3.8) is 0 Å². The molecule has 0 spiro atoms. The van der Waals surface area contributed by atoms with Crippen LogP contribution in [-0.2, 0) is 0 Å². The minimum atomic E-state index is 0.410. The molecule has 1 fully saturated rings. The molecule has 1 heterocycles. The zero-order valence-corrected chi connectivity index (χ0v) is 15.1. The number of rotatable bonds is 6. The molecule has 0 radical (unpaired) electrons. The van der Waals surface area contributed by atoms with Gasteiger partial charge in [-0.25, -0.2) is 0 Å². The Morgan fingerprint density at radius 3 is 2.81 bits per heavy atom. The first kappa shape index (κ1) is 17.0. The lowest BCUT2D eigenvalue weighted by Crippen LogP contribution is -2.37. The van der Waals surface area contributed by atoms with Gasteiger partial charge in [-0.1, -0.05) is 32.9 Å². The van der Waals surface area contributed by atoms with Gasteiger partial charge in [0.25, 0.3) is 0 Å². The van der Waals surface area contributed by atoms with E-state index in [-0.39, 0.29) is 0 Å². The fourth-order valence-corrected chi connectivity index (χ4v) is 5.70. The molecule has 0 saturated carbocycles. The van der Waals surface area contributed by atoms with Crippen molar-refractivity contribution < 1.29 is 4.74 Å². The van der Waals surface area contributed by atoms with Crippen molar-refractivity contribution in [2.24, 2.45) is 0 Å². The van der Waals surface area contributed by atoms with E-state index in [2.05, 4.69) is 67.8 Å². The smallest absolute Gasteiger partial charge is 0.119 e. The van der Waals surface area contributed by atoms with Gasteiger partial charge in [0.1, 0.15) is 5.75 Å². The number of hydrogen-bond donors (Lipinski definition) is 1. The van der Waals surface area contributed by atoms with Crippen LogP contribution in [0.5, 0.6) is 5.75 Å². The van der Waals surface area contributed by atoms with E-state index in [1.165, 1.54) is 11.3 Å². The maximum absolute atomic E-state index is 5.40. The van der Waals surface area contributed by atoms with E-state index < -0.39 is 0 Å².